The van der Waals surface area contributed by atoms with E-state index in [1.54, 1.807) is 0 Å². The van der Waals surface area contributed by atoms with Gasteiger partial charge >= 0.3 is 0 Å². The number of aliphatic hydroxyl groups is 1. The Labute approximate surface area is 149 Å². The van der Waals surface area contributed by atoms with Gasteiger partial charge in [0, 0.05) is 36.9 Å². The topological polar surface area (TPSA) is 81.6 Å². The number of nitrogens with zero attached hydrogens (tertiary/aromatic N) is 4. The summed E-state index contributed by atoms with van der Waals surface area (Å²) in [6.45, 7) is 6.39. The maximum Gasteiger partial charge on any atom is 0.289 e. The second kappa shape index (κ2) is 7.25. The van der Waals surface area contributed by atoms with E-state index in [-0.39, 0.29) is 17.8 Å². The van der Waals surface area contributed by atoms with Crippen molar-refractivity contribution in [3.05, 3.63) is 17.1 Å². The van der Waals surface area contributed by atoms with Gasteiger partial charge in [0.1, 0.15) is 5.82 Å². The SMILES string of the molecule is Cc1nc(C(=O)NCC2CC(O)C2)nc(N2CC[C@@H](N(C)C)C2)c1C. The first-order chi connectivity index (χ1) is 11.8. The van der Waals surface area contributed by atoms with Gasteiger partial charge in [0.2, 0.25) is 5.82 Å². The molecule has 1 aromatic heterocycles. The molecule has 1 aliphatic heterocycles. The van der Waals surface area contributed by atoms with Gasteiger partial charge in [0.15, 0.2) is 0 Å². The smallest absolute Gasteiger partial charge is 0.289 e. The molecule has 2 heterocycles. The third-order valence-corrected chi connectivity index (χ3v) is 5.52. The van der Waals surface area contributed by atoms with Crippen molar-refractivity contribution in [3.63, 3.8) is 0 Å². The van der Waals surface area contributed by atoms with Crippen LogP contribution in [0.4, 0.5) is 5.82 Å². The molecule has 7 heteroatoms. The quantitative estimate of drug-likeness (QED) is 0.817. The fraction of sp³-hybridized carbons (Fsp3) is 0.722. The molecule has 0 radical (unpaired) electrons. The molecule has 3 rings (SSSR count). The largest absolute Gasteiger partial charge is 0.393 e. The molecular formula is C18H29N5O2. The van der Waals surface area contributed by atoms with E-state index in [4.69, 9.17) is 0 Å². The first-order valence-electron chi connectivity index (χ1n) is 9.08. The van der Waals surface area contributed by atoms with Gasteiger partial charge in [-0.05, 0) is 53.1 Å². The minimum atomic E-state index is -0.228. The van der Waals surface area contributed by atoms with Crippen LogP contribution in [-0.2, 0) is 0 Å². The van der Waals surface area contributed by atoms with E-state index in [1.807, 2.05) is 13.8 Å². The van der Waals surface area contributed by atoms with Crippen LogP contribution in [-0.4, -0.2) is 71.8 Å². The van der Waals surface area contributed by atoms with Crippen LogP contribution in [0, 0.1) is 19.8 Å². The van der Waals surface area contributed by atoms with Crippen LogP contribution in [0.3, 0.4) is 0 Å². The van der Waals surface area contributed by atoms with Crippen LogP contribution in [0.25, 0.3) is 0 Å². The van der Waals surface area contributed by atoms with Crippen molar-refractivity contribution in [3.8, 4) is 0 Å². The predicted octanol–water partition coefficient (Wildman–Crippen LogP) is 0.734. The van der Waals surface area contributed by atoms with Crippen molar-refractivity contribution >= 4 is 11.7 Å². The third-order valence-electron chi connectivity index (χ3n) is 5.52. The van der Waals surface area contributed by atoms with Crippen LogP contribution in [0.2, 0.25) is 0 Å². The summed E-state index contributed by atoms with van der Waals surface area (Å²) in [5.41, 5.74) is 1.89. The molecule has 1 saturated heterocycles. The number of aliphatic hydroxyl groups excluding tert-OH is 1. The zero-order valence-corrected chi connectivity index (χ0v) is 15.6. The monoisotopic (exact) mass is 347 g/mol. The number of nitrogens with one attached hydrogen (secondary N) is 1. The maximum absolute atomic E-state index is 12.4. The number of anilines is 1. The van der Waals surface area contributed by atoms with E-state index in [1.165, 1.54) is 0 Å². The van der Waals surface area contributed by atoms with Gasteiger partial charge in [-0.25, -0.2) is 9.97 Å². The van der Waals surface area contributed by atoms with Crippen molar-refractivity contribution in [2.45, 2.75) is 45.3 Å². The molecule has 0 bridgehead atoms. The Balaban J connectivity index is 1.70. The van der Waals surface area contributed by atoms with Crippen molar-refractivity contribution in [2.75, 3.05) is 38.6 Å². The summed E-state index contributed by atoms with van der Waals surface area (Å²) in [7, 11) is 4.20. The van der Waals surface area contributed by atoms with Crippen molar-refractivity contribution in [2.24, 2.45) is 5.92 Å². The molecule has 2 N–H and O–H groups in total. The van der Waals surface area contributed by atoms with Gasteiger partial charge < -0.3 is 20.2 Å². The summed E-state index contributed by atoms with van der Waals surface area (Å²) < 4.78 is 0. The van der Waals surface area contributed by atoms with Crippen LogP contribution < -0.4 is 10.2 Å². The minimum Gasteiger partial charge on any atom is -0.393 e. The first kappa shape index (κ1) is 18.1. The zero-order chi connectivity index (χ0) is 18.1. The molecule has 25 heavy (non-hydrogen) atoms. The van der Waals surface area contributed by atoms with Gasteiger partial charge in [0.05, 0.1) is 6.10 Å². The minimum absolute atomic E-state index is 0.203. The van der Waals surface area contributed by atoms with E-state index in [0.717, 1.165) is 49.4 Å². The lowest BCUT2D eigenvalue weighted by Gasteiger charge is -2.31. The van der Waals surface area contributed by atoms with Crippen LogP contribution in [0.15, 0.2) is 0 Å². The fourth-order valence-electron chi connectivity index (χ4n) is 3.56. The Morgan fingerprint density at radius 2 is 2.04 bits per heavy atom. The molecule has 0 unspecified atom stereocenters. The van der Waals surface area contributed by atoms with Crippen molar-refractivity contribution in [1.29, 1.82) is 0 Å². The molecular weight excluding hydrogens is 318 g/mol. The summed E-state index contributed by atoms with van der Waals surface area (Å²) in [6.07, 6.45) is 2.42. The average molecular weight is 347 g/mol. The van der Waals surface area contributed by atoms with Crippen LogP contribution >= 0.6 is 0 Å². The van der Waals surface area contributed by atoms with Gasteiger partial charge in [-0.2, -0.15) is 0 Å². The number of aromatic nitrogens is 2. The predicted molar refractivity (Wildman–Crippen MR) is 96.9 cm³/mol. The molecule has 1 aliphatic carbocycles. The highest BCUT2D eigenvalue weighted by Gasteiger charge is 2.29. The van der Waals surface area contributed by atoms with Crippen molar-refractivity contribution in [1.82, 2.24) is 20.2 Å². The highest BCUT2D eigenvalue weighted by atomic mass is 16.3. The van der Waals surface area contributed by atoms with E-state index >= 15 is 0 Å². The number of rotatable bonds is 5. The van der Waals surface area contributed by atoms with E-state index < -0.39 is 0 Å². The number of likely N-dealkylation sites (N-methyl/N-ethyl adjacent to an activating group) is 1. The summed E-state index contributed by atoms with van der Waals surface area (Å²) in [4.78, 5) is 25.9. The third kappa shape index (κ3) is 3.93. The number of aryl methyl sites for hydroxylation is 1. The molecule has 1 saturated carbocycles. The Morgan fingerprint density at radius 1 is 1.32 bits per heavy atom. The number of carbonyl (C=O) groups is 1. The molecule has 2 fully saturated rings. The van der Waals surface area contributed by atoms with Crippen LogP contribution in [0.5, 0.6) is 0 Å². The summed E-state index contributed by atoms with van der Waals surface area (Å²) in [6, 6.07) is 0.511. The van der Waals surface area contributed by atoms with Gasteiger partial charge in [-0.1, -0.05) is 0 Å². The van der Waals surface area contributed by atoms with E-state index in [9.17, 15) is 9.90 Å². The Kier molecular flexibility index (Phi) is 5.24. The molecule has 0 spiro atoms. The summed E-state index contributed by atoms with van der Waals surface area (Å²) in [5.74, 6) is 1.26. The number of hydrogen-bond acceptors (Lipinski definition) is 6. The van der Waals surface area contributed by atoms with Gasteiger partial charge in [-0.15, -0.1) is 0 Å². The molecule has 138 valence electrons. The molecule has 7 nitrogen and oxygen atoms in total. The second-order valence-electron chi connectivity index (χ2n) is 7.63. The Hall–Kier alpha value is -1.73. The first-order valence-corrected chi connectivity index (χ1v) is 9.08. The Morgan fingerprint density at radius 3 is 2.64 bits per heavy atom. The number of hydrogen-bond donors (Lipinski definition) is 2. The number of carbonyl (C=O) groups excluding carboxylic acids is 1. The summed E-state index contributed by atoms with van der Waals surface area (Å²) in [5, 5.41) is 12.3. The molecule has 0 aromatic carbocycles. The molecule has 2 aliphatic rings. The standard InChI is InChI=1S/C18H29N5O2/c1-11-12(2)20-16(18(25)19-9-13-7-15(24)8-13)21-17(11)23-6-5-14(10-23)22(3)4/h13-15,24H,5-10H2,1-4H3,(H,19,25)/t13?,14-,15?/m1/s1. The lowest BCUT2D eigenvalue weighted by atomic mass is 9.82. The highest BCUT2D eigenvalue weighted by Crippen LogP contribution is 2.27. The van der Waals surface area contributed by atoms with Gasteiger partial charge in [-0.3, -0.25) is 4.79 Å². The molecule has 1 aromatic rings. The Bertz CT molecular complexity index is 643. The molecule has 1 atom stereocenters. The van der Waals surface area contributed by atoms with E-state index in [2.05, 4.69) is 39.2 Å². The van der Waals surface area contributed by atoms with E-state index in [0.29, 0.717) is 18.5 Å². The second-order valence-corrected chi connectivity index (χ2v) is 7.63. The zero-order valence-electron chi connectivity index (χ0n) is 15.6. The lowest BCUT2D eigenvalue weighted by molar-refractivity contribution is 0.0419. The van der Waals surface area contributed by atoms with Gasteiger partial charge in [0.25, 0.3) is 5.91 Å². The summed E-state index contributed by atoms with van der Waals surface area (Å²) >= 11 is 0. The maximum atomic E-state index is 12.4. The highest BCUT2D eigenvalue weighted by molar-refractivity contribution is 5.91. The lowest BCUT2D eigenvalue weighted by Crippen LogP contribution is -2.39. The number of amides is 1. The fourth-order valence-corrected chi connectivity index (χ4v) is 3.56. The molecule has 1 amide bonds. The normalized spacial score (nSPS) is 26.0. The van der Waals surface area contributed by atoms with Crippen LogP contribution in [0.1, 0.15) is 41.1 Å². The average Bonchev–Trinajstić information content (AvgIpc) is 3.02. The van der Waals surface area contributed by atoms with Crippen molar-refractivity contribution < 1.29 is 9.90 Å².